The third-order valence-corrected chi connectivity index (χ3v) is 7.51. The van der Waals surface area contributed by atoms with Crippen molar-refractivity contribution in [3.8, 4) is 0 Å². The van der Waals surface area contributed by atoms with E-state index in [0.29, 0.717) is 0 Å². The zero-order chi connectivity index (χ0) is 24.4. The highest BCUT2D eigenvalue weighted by Gasteiger charge is 2.65. The van der Waals surface area contributed by atoms with Crippen LogP contribution in [0.2, 0.25) is 10.0 Å². The summed E-state index contributed by atoms with van der Waals surface area (Å²) in [6, 6.07) is 2.36. The van der Waals surface area contributed by atoms with E-state index in [1.54, 1.807) is 17.0 Å². The number of nitrogens with one attached hydrogen (secondary N) is 2. The summed E-state index contributed by atoms with van der Waals surface area (Å²) in [7, 11) is 0. The van der Waals surface area contributed by atoms with Crippen LogP contribution in [0.25, 0.3) is 0 Å². The Kier molecular flexibility index (Phi) is 5.34. The van der Waals surface area contributed by atoms with Crippen molar-refractivity contribution in [3.63, 3.8) is 0 Å². The predicted molar refractivity (Wildman–Crippen MR) is 123 cm³/mol. The number of likely N-dealkylation sites (tertiary alicyclic amines) is 1. The maximum absolute atomic E-state index is 12.9. The first-order valence-corrected chi connectivity index (χ1v) is 11.4. The predicted octanol–water partition coefficient (Wildman–Crippen LogP) is -1.40. The summed E-state index contributed by atoms with van der Waals surface area (Å²) in [4.78, 5) is 48.9. The number of hydrogen-bond donors (Lipinski definition) is 5. The number of guanidine groups is 2. The average molecular weight is 509 g/mol. The summed E-state index contributed by atoms with van der Waals surface area (Å²) in [5.41, 5.74) is 11.1. The van der Waals surface area contributed by atoms with Crippen molar-refractivity contribution in [3.05, 3.63) is 33.8 Å². The van der Waals surface area contributed by atoms with Crippen molar-refractivity contribution in [1.82, 2.24) is 20.4 Å². The molecule has 14 heteroatoms. The fourth-order valence-corrected chi connectivity index (χ4v) is 5.51. The van der Waals surface area contributed by atoms with Crippen LogP contribution in [0, 0.1) is 0 Å². The van der Waals surface area contributed by atoms with E-state index in [0.717, 1.165) is 4.90 Å². The first-order chi connectivity index (χ1) is 16.1. The van der Waals surface area contributed by atoms with Crippen LogP contribution in [0.3, 0.4) is 0 Å². The summed E-state index contributed by atoms with van der Waals surface area (Å²) >= 11 is 12.2. The number of aliphatic hydroxyl groups excluding tert-OH is 1. The second-order valence-electron chi connectivity index (χ2n) is 8.60. The molecule has 0 aliphatic carbocycles. The Balaban J connectivity index is 1.43. The molecule has 5 rings (SSSR count). The second kappa shape index (κ2) is 8.00. The van der Waals surface area contributed by atoms with E-state index in [1.165, 1.54) is 6.07 Å². The van der Waals surface area contributed by atoms with Crippen molar-refractivity contribution in [1.29, 1.82) is 0 Å². The second-order valence-corrected chi connectivity index (χ2v) is 9.38. The fraction of sp³-hybridized carbons (Fsp3) is 0.450. The quantitative estimate of drug-likeness (QED) is 0.308. The van der Waals surface area contributed by atoms with Gasteiger partial charge in [0.1, 0.15) is 12.1 Å². The van der Waals surface area contributed by atoms with E-state index < -0.39 is 35.8 Å². The lowest BCUT2D eigenvalue weighted by atomic mass is 9.87. The summed E-state index contributed by atoms with van der Waals surface area (Å²) in [5, 5.41) is 17.5. The number of nitrogens with zero attached hydrogens (tertiary/aromatic N) is 4. The highest BCUT2D eigenvalue weighted by atomic mass is 35.5. The van der Waals surface area contributed by atoms with Crippen molar-refractivity contribution in [2.24, 2.45) is 21.5 Å². The minimum Gasteiger partial charge on any atom is -0.386 e. The Morgan fingerprint density at radius 2 is 1.94 bits per heavy atom. The molecular weight excluding hydrogens is 487 g/mol. The van der Waals surface area contributed by atoms with Crippen LogP contribution in [-0.2, 0) is 9.59 Å². The number of imide groups is 1. The summed E-state index contributed by atoms with van der Waals surface area (Å²) < 4.78 is 0. The van der Waals surface area contributed by atoms with Crippen molar-refractivity contribution >= 4 is 52.8 Å². The number of halogens is 2. The molecule has 4 heterocycles. The zero-order valence-corrected chi connectivity index (χ0v) is 19.3. The van der Waals surface area contributed by atoms with Gasteiger partial charge in [-0.15, -0.1) is 0 Å². The molecule has 1 spiro atoms. The first-order valence-electron chi connectivity index (χ1n) is 10.6. The van der Waals surface area contributed by atoms with Gasteiger partial charge in [-0.05, 0) is 12.1 Å². The van der Waals surface area contributed by atoms with Crippen LogP contribution in [0.5, 0.6) is 0 Å². The molecule has 180 valence electrons. The van der Waals surface area contributed by atoms with Gasteiger partial charge in [-0.1, -0.05) is 29.3 Å². The number of nitrogens with two attached hydrogens (primary N) is 2. The molecule has 0 saturated carbocycles. The van der Waals surface area contributed by atoms with E-state index in [2.05, 4.69) is 20.6 Å². The number of carbonyl (C=O) groups is 3. The number of aliphatic imine (C=N–C) groups is 2. The third-order valence-electron chi connectivity index (χ3n) is 6.69. The number of rotatable bonds is 4. The lowest BCUT2D eigenvalue weighted by molar-refractivity contribution is -0.138. The number of carbonyl (C=O) groups excluding carboxylic acids is 3. The molecule has 0 bridgehead atoms. The molecule has 2 saturated heterocycles. The van der Waals surface area contributed by atoms with Crippen LogP contribution >= 0.6 is 23.2 Å². The maximum atomic E-state index is 12.9. The summed E-state index contributed by atoms with van der Waals surface area (Å²) in [5.74, 6) is -1.01. The molecule has 1 aromatic rings. The molecule has 34 heavy (non-hydrogen) atoms. The smallest absolute Gasteiger partial charge is 0.253 e. The largest absolute Gasteiger partial charge is 0.386 e. The molecule has 4 aliphatic heterocycles. The Morgan fingerprint density at radius 1 is 1.24 bits per heavy atom. The van der Waals surface area contributed by atoms with Gasteiger partial charge in [0.25, 0.3) is 5.91 Å². The number of amides is 3. The molecule has 3 unspecified atom stereocenters. The standard InChI is InChI=1S/C20H22Cl2N8O4/c21-9-3-1-2-8(14(9)22)17(34)25-11-7-30-19(24)26-10(6-29-12(31)4-5-13(29)32)15-20(30,16(11)33)28-18(23)27-15/h1-3,10-11,15-16,33H,4-7H2,(H2,24,26)(H,25,34)(H3,23,27,28)/t10-,11?,15?,16+,20?/m0/s1. The Hall–Kier alpha value is -3.09. The van der Waals surface area contributed by atoms with Gasteiger partial charge in [0.05, 0.1) is 34.2 Å². The Bertz CT molecular complexity index is 1140. The number of aliphatic hydroxyl groups is 1. The van der Waals surface area contributed by atoms with E-state index in [9.17, 15) is 19.5 Å². The van der Waals surface area contributed by atoms with E-state index in [4.69, 9.17) is 34.7 Å². The zero-order valence-electron chi connectivity index (χ0n) is 17.7. The normalized spacial score (nSPS) is 32.2. The van der Waals surface area contributed by atoms with Gasteiger partial charge >= 0.3 is 0 Å². The van der Waals surface area contributed by atoms with Crippen LogP contribution in [0.15, 0.2) is 28.2 Å². The van der Waals surface area contributed by atoms with Crippen LogP contribution < -0.4 is 22.1 Å². The maximum Gasteiger partial charge on any atom is 0.253 e. The van der Waals surface area contributed by atoms with Gasteiger partial charge in [-0.2, -0.15) is 0 Å². The highest BCUT2D eigenvalue weighted by Crippen LogP contribution is 2.40. The van der Waals surface area contributed by atoms with Gasteiger partial charge in [-0.3, -0.25) is 19.3 Å². The molecule has 5 atom stereocenters. The fourth-order valence-electron chi connectivity index (χ4n) is 5.13. The lowest BCUT2D eigenvalue weighted by Gasteiger charge is -2.46. The molecule has 7 N–H and O–H groups in total. The van der Waals surface area contributed by atoms with Crippen LogP contribution in [-0.4, -0.2) is 87.5 Å². The molecule has 0 aromatic heterocycles. The molecule has 1 aromatic carbocycles. The van der Waals surface area contributed by atoms with E-state index in [-0.39, 0.29) is 65.3 Å². The van der Waals surface area contributed by atoms with Gasteiger partial charge in [0.15, 0.2) is 17.6 Å². The number of hydrogen-bond acceptors (Lipinski definition) is 10. The summed E-state index contributed by atoms with van der Waals surface area (Å²) in [6.45, 7) is 0.0555. The average Bonchev–Trinajstić information content (AvgIpc) is 3.40. The monoisotopic (exact) mass is 508 g/mol. The van der Waals surface area contributed by atoms with Crippen molar-refractivity contribution < 1.29 is 19.5 Å². The van der Waals surface area contributed by atoms with Crippen LogP contribution in [0.4, 0.5) is 0 Å². The van der Waals surface area contributed by atoms with Gasteiger partial charge in [0, 0.05) is 19.4 Å². The highest BCUT2D eigenvalue weighted by molar-refractivity contribution is 6.43. The Morgan fingerprint density at radius 3 is 2.65 bits per heavy atom. The minimum atomic E-state index is -1.32. The van der Waals surface area contributed by atoms with Gasteiger partial charge in [-0.25, -0.2) is 9.98 Å². The Labute approximate surface area is 203 Å². The topological polar surface area (TPSA) is 179 Å². The van der Waals surface area contributed by atoms with Gasteiger partial charge in [0.2, 0.25) is 11.8 Å². The third kappa shape index (κ3) is 3.28. The molecule has 4 aliphatic rings. The minimum absolute atomic E-state index is 0.0427. The van der Waals surface area contributed by atoms with Gasteiger partial charge < -0.3 is 32.1 Å². The molecule has 12 nitrogen and oxygen atoms in total. The van der Waals surface area contributed by atoms with Crippen molar-refractivity contribution in [2.75, 3.05) is 13.1 Å². The lowest BCUT2D eigenvalue weighted by Crippen LogP contribution is -2.73. The molecular formula is C20H22Cl2N8O4. The first kappa shape index (κ1) is 22.7. The molecule has 3 amide bonds. The number of benzene rings is 1. The van der Waals surface area contributed by atoms with Crippen LogP contribution in [0.1, 0.15) is 23.2 Å². The molecule has 2 fully saturated rings. The van der Waals surface area contributed by atoms with E-state index in [1.807, 2.05) is 0 Å². The SMILES string of the molecule is NC1=NC2[C@H](CN3C(=O)CCC3=O)N=C(N)N3CC(NC(=O)c4cccc(Cl)c4Cl)[C@@H](O)C23N1. The van der Waals surface area contributed by atoms with Crippen molar-refractivity contribution in [2.45, 2.75) is 42.7 Å². The summed E-state index contributed by atoms with van der Waals surface area (Å²) in [6.07, 6.45) is -0.955. The van der Waals surface area contributed by atoms with E-state index >= 15 is 0 Å². The molecule has 0 radical (unpaired) electrons.